The number of nitrogens with zero attached hydrogens (tertiary/aromatic N) is 2. The molecule has 1 amide bonds. The van der Waals surface area contributed by atoms with Crippen molar-refractivity contribution >= 4 is 23.2 Å². The number of hydrogen-bond acceptors (Lipinski definition) is 2. The fraction of sp³-hybridized carbons (Fsp3) is 0.200. The molecule has 1 heterocycles. The molecule has 4 heteroatoms. The van der Waals surface area contributed by atoms with Gasteiger partial charge in [-0.25, -0.2) is 4.98 Å². The van der Waals surface area contributed by atoms with Crippen LogP contribution in [0.15, 0.2) is 42.6 Å². The predicted molar refractivity (Wildman–Crippen MR) is 77.8 cm³/mol. The average Bonchev–Trinajstić information content (AvgIpc) is 2.42. The van der Waals surface area contributed by atoms with Gasteiger partial charge in [0.05, 0.1) is 5.56 Å². The van der Waals surface area contributed by atoms with Crippen LogP contribution in [0.1, 0.15) is 22.8 Å². The van der Waals surface area contributed by atoms with E-state index in [0.717, 1.165) is 11.3 Å². The molecule has 2 aromatic rings. The van der Waals surface area contributed by atoms with E-state index in [4.69, 9.17) is 11.6 Å². The fourth-order valence-electron chi connectivity index (χ4n) is 1.98. The van der Waals surface area contributed by atoms with Crippen molar-refractivity contribution in [2.45, 2.75) is 13.8 Å². The van der Waals surface area contributed by atoms with E-state index in [1.165, 1.54) is 0 Å². The van der Waals surface area contributed by atoms with Crippen molar-refractivity contribution in [1.82, 2.24) is 4.98 Å². The SMILES string of the molecule is CCN(C(=O)c1cccnc1Cl)c1ccccc1C. The van der Waals surface area contributed by atoms with Crippen LogP contribution in [0.5, 0.6) is 0 Å². The fourth-order valence-corrected chi connectivity index (χ4v) is 2.18. The minimum absolute atomic E-state index is 0.130. The lowest BCUT2D eigenvalue weighted by Crippen LogP contribution is -2.31. The molecule has 0 radical (unpaired) electrons. The van der Waals surface area contributed by atoms with Crippen LogP contribution in [-0.2, 0) is 0 Å². The normalized spacial score (nSPS) is 10.3. The first-order chi connectivity index (χ1) is 9.15. The maximum absolute atomic E-state index is 12.6. The topological polar surface area (TPSA) is 33.2 Å². The Balaban J connectivity index is 2.41. The summed E-state index contributed by atoms with van der Waals surface area (Å²) in [6, 6.07) is 11.2. The summed E-state index contributed by atoms with van der Waals surface area (Å²) in [7, 11) is 0. The van der Waals surface area contributed by atoms with E-state index in [1.807, 2.05) is 38.1 Å². The Morgan fingerprint density at radius 3 is 2.63 bits per heavy atom. The minimum Gasteiger partial charge on any atom is -0.308 e. The second-order valence-electron chi connectivity index (χ2n) is 4.18. The number of carbonyl (C=O) groups is 1. The number of pyridine rings is 1. The molecule has 98 valence electrons. The van der Waals surface area contributed by atoms with Crippen molar-refractivity contribution in [1.29, 1.82) is 0 Å². The predicted octanol–water partition coefficient (Wildman–Crippen LogP) is 3.71. The maximum Gasteiger partial charge on any atom is 0.261 e. The highest BCUT2D eigenvalue weighted by Crippen LogP contribution is 2.23. The summed E-state index contributed by atoms with van der Waals surface area (Å²) in [6.07, 6.45) is 1.57. The van der Waals surface area contributed by atoms with Gasteiger partial charge < -0.3 is 4.90 Å². The van der Waals surface area contributed by atoms with Crippen molar-refractivity contribution in [3.63, 3.8) is 0 Å². The average molecular weight is 275 g/mol. The van der Waals surface area contributed by atoms with Gasteiger partial charge in [-0.3, -0.25) is 4.79 Å². The van der Waals surface area contributed by atoms with E-state index in [-0.39, 0.29) is 11.1 Å². The first-order valence-electron chi connectivity index (χ1n) is 6.13. The van der Waals surface area contributed by atoms with Crippen LogP contribution in [0.25, 0.3) is 0 Å². The Kier molecular flexibility index (Phi) is 4.17. The molecular formula is C15H15ClN2O. The van der Waals surface area contributed by atoms with E-state index in [9.17, 15) is 4.79 Å². The number of aromatic nitrogens is 1. The number of carbonyl (C=O) groups excluding carboxylic acids is 1. The largest absolute Gasteiger partial charge is 0.308 e. The van der Waals surface area contributed by atoms with Crippen LogP contribution in [0.4, 0.5) is 5.69 Å². The molecule has 1 aromatic carbocycles. The van der Waals surface area contributed by atoms with Gasteiger partial charge in [-0.15, -0.1) is 0 Å². The van der Waals surface area contributed by atoms with Crippen molar-refractivity contribution in [3.05, 3.63) is 58.9 Å². The van der Waals surface area contributed by atoms with E-state index in [2.05, 4.69) is 4.98 Å². The van der Waals surface area contributed by atoms with Gasteiger partial charge in [0.15, 0.2) is 0 Å². The third-order valence-electron chi connectivity index (χ3n) is 2.96. The van der Waals surface area contributed by atoms with Crippen LogP contribution >= 0.6 is 11.6 Å². The quantitative estimate of drug-likeness (QED) is 0.800. The molecule has 0 fully saturated rings. The van der Waals surface area contributed by atoms with Gasteiger partial charge in [-0.1, -0.05) is 29.8 Å². The van der Waals surface area contributed by atoms with Gasteiger partial charge in [0.25, 0.3) is 5.91 Å². The standard InChI is InChI=1S/C15H15ClN2O/c1-3-18(13-9-5-4-7-11(13)2)15(19)12-8-6-10-17-14(12)16/h4-10H,3H2,1-2H3. The molecule has 0 saturated carbocycles. The highest BCUT2D eigenvalue weighted by atomic mass is 35.5. The molecule has 0 aliphatic heterocycles. The van der Waals surface area contributed by atoms with Gasteiger partial charge in [0.2, 0.25) is 0 Å². The molecule has 0 bridgehead atoms. The van der Waals surface area contributed by atoms with E-state index < -0.39 is 0 Å². The Morgan fingerprint density at radius 1 is 1.26 bits per heavy atom. The van der Waals surface area contributed by atoms with Crippen LogP contribution in [0.2, 0.25) is 5.15 Å². The first kappa shape index (κ1) is 13.6. The number of benzene rings is 1. The summed E-state index contributed by atoms with van der Waals surface area (Å²) >= 11 is 5.99. The highest BCUT2D eigenvalue weighted by molar-refractivity contribution is 6.33. The Labute approximate surface area is 117 Å². The molecule has 0 spiro atoms. The molecule has 0 aliphatic carbocycles. The zero-order valence-electron chi connectivity index (χ0n) is 10.9. The van der Waals surface area contributed by atoms with Gasteiger partial charge in [0, 0.05) is 18.4 Å². The smallest absolute Gasteiger partial charge is 0.261 e. The van der Waals surface area contributed by atoms with Crippen molar-refractivity contribution in [2.75, 3.05) is 11.4 Å². The lowest BCUT2D eigenvalue weighted by Gasteiger charge is -2.23. The molecule has 1 aromatic heterocycles. The number of hydrogen-bond donors (Lipinski definition) is 0. The molecule has 0 unspecified atom stereocenters. The monoisotopic (exact) mass is 274 g/mol. The summed E-state index contributed by atoms with van der Waals surface area (Å²) in [5, 5.41) is 0.236. The molecule has 0 atom stereocenters. The first-order valence-corrected chi connectivity index (χ1v) is 6.51. The van der Waals surface area contributed by atoms with Crippen LogP contribution in [0.3, 0.4) is 0 Å². The summed E-state index contributed by atoms with van der Waals surface area (Å²) in [4.78, 5) is 18.2. The van der Waals surface area contributed by atoms with Crippen molar-refractivity contribution < 1.29 is 4.79 Å². The lowest BCUT2D eigenvalue weighted by molar-refractivity contribution is 0.0988. The van der Waals surface area contributed by atoms with Crippen molar-refractivity contribution in [3.8, 4) is 0 Å². The molecular weight excluding hydrogens is 260 g/mol. The molecule has 3 nitrogen and oxygen atoms in total. The van der Waals surface area contributed by atoms with Crippen LogP contribution in [0, 0.1) is 6.92 Å². The second kappa shape index (κ2) is 5.85. The lowest BCUT2D eigenvalue weighted by atomic mass is 10.1. The molecule has 0 N–H and O–H groups in total. The molecule has 2 rings (SSSR count). The third kappa shape index (κ3) is 2.76. The number of halogens is 1. The molecule has 19 heavy (non-hydrogen) atoms. The maximum atomic E-state index is 12.6. The summed E-state index contributed by atoms with van der Waals surface area (Å²) in [5.74, 6) is -0.130. The summed E-state index contributed by atoms with van der Waals surface area (Å²) in [6.45, 7) is 4.50. The number of para-hydroxylation sites is 1. The summed E-state index contributed by atoms with van der Waals surface area (Å²) < 4.78 is 0. The minimum atomic E-state index is -0.130. The third-order valence-corrected chi connectivity index (χ3v) is 3.26. The van der Waals surface area contributed by atoms with Crippen molar-refractivity contribution in [2.24, 2.45) is 0 Å². The van der Waals surface area contributed by atoms with E-state index in [1.54, 1.807) is 23.2 Å². The van der Waals surface area contributed by atoms with Crippen LogP contribution in [-0.4, -0.2) is 17.4 Å². The van der Waals surface area contributed by atoms with E-state index >= 15 is 0 Å². The Bertz CT molecular complexity index is 598. The zero-order valence-corrected chi connectivity index (χ0v) is 11.7. The number of amides is 1. The van der Waals surface area contributed by atoms with Gasteiger partial charge in [-0.2, -0.15) is 0 Å². The highest BCUT2D eigenvalue weighted by Gasteiger charge is 2.19. The zero-order chi connectivity index (χ0) is 13.8. The van der Waals surface area contributed by atoms with Crippen LogP contribution < -0.4 is 4.90 Å². The molecule has 0 saturated heterocycles. The van der Waals surface area contributed by atoms with Gasteiger partial charge in [-0.05, 0) is 37.6 Å². The number of rotatable bonds is 3. The number of aryl methyl sites for hydroxylation is 1. The second-order valence-corrected chi connectivity index (χ2v) is 4.54. The Hall–Kier alpha value is -1.87. The molecule has 0 aliphatic rings. The van der Waals surface area contributed by atoms with E-state index in [0.29, 0.717) is 12.1 Å². The summed E-state index contributed by atoms with van der Waals surface area (Å²) in [5.41, 5.74) is 2.38. The van der Waals surface area contributed by atoms with Gasteiger partial charge >= 0.3 is 0 Å². The van der Waals surface area contributed by atoms with Gasteiger partial charge in [0.1, 0.15) is 5.15 Å². The number of anilines is 1. The Morgan fingerprint density at radius 2 is 2.00 bits per heavy atom.